The Morgan fingerprint density at radius 2 is 2.21 bits per heavy atom. The third-order valence-corrected chi connectivity index (χ3v) is 2.82. The Morgan fingerprint density at radius 1 is 1.57 bits per heavy atom. The second-order valence-corrected chi connectivity index (χ2v) is 3.76. The molecule has 14 heavy (non-hydrogen) atoms. The fourth-order valence-electron chi connectivity index (χ4n) is 1.92. The zero-order valence-electron chi connectivity index (χ0n) is 8.44. The molecule has 1 aliphatic rings. The summed E-state index contributed by atoms with van der Waals surface area (Å²) in [5.41, 5.74) is 0. The molecule has 0 radical (unpaired) electrons. The van der Waals surface area contributed by atoms with E-state index in [0.29, 0.717) is 0 Å². The third kappa shape index (κ3) is 2.46. The van der Waals surface area contributed by atoms with Gasteiger partial charge in [-0.15, -0.1) is 0 Å². The molecule has 1 fully saturated rings. The lowest BCUT2D eigenvalue weighted by molar-refractivity contribution is -0.134. The molecule has 1 rings (SSSR count). The highest BCUT2D eigenvalue weighted by molar-refractivity contribution is 5.78. The van der Waals surface area contributed by atoms with E-state index >= 15 is 0 Å². The van der Waals surface area contributed by atoms with Crippen LogP contribution < -0.4 is 0 Å². The molecule has 4 nitrogen and oxygen atoms in total. The standard InChI is InChI=1S/C10H16N2O2/c1-12(10(14)6-7-11)8-4-2-3-5-9(8)13/h8-9,13H,2-6H2,1H3. The maximum atomic E-state index is 11.4. The Morgan fingerprint density at radius 3 is 2.79 bits per heavy atom. The zero-order valence-corrected chi connectivity index (χ0v) is 8.44. The molecule has 1 saturated carbocycles. The van der Waals surface area contributed by atoms with Crippen molar-refractivity contribution in [3.05, 3.63) is 0 Å². The average Bonchev–Trinajstić information content (AvgIpc) is 2.18. The van der Waals surface area contributed by atoms with Crippen LogP contribution in [0.5, 0.6) is 0 Å². The van der Waals surface area contributed by atoms with Crippen molar-refractivity contribution in [3.8, 4) is 6.07 Å². The van der Waals surface area contributed by atoms with E-state index in [2.05, 4.69) is 0 Å². The predicted octanol–water partition coefficient (Wildman–Crippen LogP) is 0.662. The summed E-state index contributed by atoms with van der Waals surface area (Å²) < 4.78 is 0. The van der Waals surface area contributed by atoms with Crippen molar-refractivity contribution in [1.29, 1.82) is 5.26 Å². The first-order chi connectivity index (χ1) is 6.66. The van der Waals surface area contributed by atoms with Crippen molar-refractivity contribution in [3.63, 3.8) is 0 Å². The molecule has 2 atom stereocenters. The summed E-state index contributed by atoms with van der Waals surface area (Å²) in [5.74, 6) is -0.196. The summed E-state index contributed by atoms with van der Waals surface area (Å²) in [4.78, 5) is 12.9. The molecule has 0 bridgehead atoms. The number of rotatable bonds is 2. The number of carbonyl (C=O) groups is 1. The number of aliphatic hydroxyl groups excluding tert-OH is 1. The Balaban J connectivity index is 2.54. The number of hydrogen-bond donors (Lipinski definition) is 1. The molecule has 0 aliphatic heterocycles. The minimum Gasteiger partial charge on any atom is -0.391 e. The number of likely N-dealkylation sites (N-methyl/N-ethyl adjacent to an activating group) is 1. The molecule has 78 valence electrons. The van der Waals surface area contributed by atoms with E-state index < -0.39 is 6.10 Å². The van der Waals surface area contributed by atoms with Crippen molar-refractivity contribution < 1.29 is 9.90 Å². The van der Waals surface area contributed by atoms with Crippen molar-refractivity contribution in [1.82, 2.24) is 4.90 Å². The molecule has 1 N–H and O–H groups in total. The highest BCUT2D eigenvalue weighted by Crippen LogP contribution is 2.22. The van der Waals surface area contributed by atoms with Gasteiger partial charge in [-0.25, -0.2) is 0 Å². The molecule has 0 saturated heterocycles. The Hall–Kier alpha value is -1.08. The maximum absolute atomic E-state index is 11.4. The highest BCUT2D eigenvalue weighted by atomic mass is 16.3. The summed E-state index contributed by atoms with van der Waals surface area (Å²) in [6.45, 7) is 0. The van der Waals surface area contributed by atoms with E-state index in [1.807, 2.05) is 6.07 Å². The van der Waals surface area contributed by atoms with E-state index in [4.69, 9.17) is 5.26 Å². The quantitative estimate of drug-likeness (QED) is 0.705. The molecule has 4 heteroatoms. The second kappa shape index (κ2) is 4.97. The molecule has 0 heterocycles. The summed E-state index contributed by atoms with van der Waals surface area (Å²) in [5, 5.41) is 18.1. The molecule has 0 aromatic carbocycles. The van der Waals surface area contributed by atoms with Gasteiger partial charge in [0.15, 0.2) is 0 Å². The molecule has 1 amide bonds. The van der Waals surface area contributed by atoms with Crippen molar-refractivity contribution >= 4 is 5.91 Å². The van der Waals surface area contributed by atoms with Crippen LogP contribution in [0, 0.1) is 11.3 Å². The number of hydrogen-bond acceptors (Lipinski definition) is 3. The summed E-state index contributed by atoms with van der Waals surface area (Å²) in [6, 6.07) is 1.74. The summed E-state index contributed by atoms with van der Waals surface area (Å²) >= 11 is 0. The van der Waals surface area contributed by atoms with Crippen LogP contribution in [-0.4, -0.2) is 35.1 Å². The molecular weight excluding hydrogens is 180 g/mol. The highest BCUT2D eigenvalue weighted by Gasteiger charge is 2.28. The minimum absolute atomic E-state index is 0.0930. The van der Waals surface area contributed by atoms with Crippen LogP contribution in [0.15, 0.2) is 0 Å². The van der Waals surface area contributed by atoms with Gasteiger partial charge in [0.2, 0.25) is 5.91 Å². The van der Waals surface area contributed by atoms with Crippen LogP contribution in [0.4, 0.5) is 0 Å². The van der Waals surface area contributed by atoms with E-state index in [1.54, 1.807) is 7.05 Å². The Labute approximate surface area is 84.1 Å². The first kappa shape index (κ1) is 11.0. The van der Waals surface area contributed by atoms with E-state index in [-0.39, 0.29) is 18.4 Å². The molecule has 0 aromatic rings. The maximum Gasteiger partial charge on any atom is 0.236 e. The van der Waals surface area contributed by atoms with E-state index in [0.717, 1.165) is 25.7 Å². The van der Waals surface area contributed by atoms with Crippen LogP contribution in [0.2, 0.25) is 0 Å². The van der Waals surface area contributed by atoms with Gasteiger partial charge in [-0.3, -0.25) is 4.79 Å². The lowest BCUT2D eigenvalue weighted by Gasteiger charge is -2.34. The predicted molar refractivity (Wildman–Crippen MR) is 51.3 cm³/mol. The van der Waals surface area contributed by atoms with Crippen LogP contribution in [0.1, 0.15) is 32.1 Å². The van der Waals surface area contributed by atoms with Gasteiger partial charge in [0.05, 0.1) is 18.2 Å². The lowest BCUT2D eigenvalue weighted by atomic mass is 9.91. The monoisotopic (exact) mass is 196 g/mol. The van der Waals surface area contributed by atoms with Gasteiger partial charge in [0.25, 0.3) is 0 Å². The number of amides is 1. The first-order valence-corrected chi connectivity index (χ1v) is 4.97. The molecule has 2 unspecified atom stereocenters. The van der Waals surface area contributed by atoms with Crippen LogP contribution in [-0.2, 0) is 4.79 Å². The summed E-state index contributed by atoms with van der Waals surface area (Å²) in [7, 11) is 1.67. The van der Waals surface area contributed by atoms with Gasteiger partial charge in [-0.05, 0) is 12.8 Å². The SMILES string of the molecule is CN(C(=O)CC#N)C1CCCCC1O. The van der Waals surface area contributed by atoms with Crippen LogP contribution >= 0.6 is 0 Å². The minimum atomic E-state index is -0.420. The van der Waals surface area contributed by atoms with Crippen LogP contribution in [0.3, 0.4) is 0 Å². The third-order valence-electron chi connectivity index (χ3n) is 2.82. The first-order valence-electron chi connectivity index (χ1n) is 4.97. The fraction of sp³-hybridized carbons (Fsp3) is 0.800. The smallest absolute Gasteiger partial charge is 0.236 e. The fourth-order valence-corrected chi connectivity index (χ4v) is 1.92. The van der Waals surface area contributed by atoms with Gasteiger partial charge in [0.1, 0.15) is 6.42 Å². The lowest BCUT2D eigenvalue weighted by Crippen LogP contribution is -2.46. The number of nitriles is 1. The van der Waals surface area contributed by atoms with Crippen LogP contribution in [0.25, 0.3) is 0 Å². The van der Waals surface area contributed by atoms with Gasteiger partial charge in [0, 0.05) is 7.05 Å². The van der Waals surface area contributed by atoms with Crippen molar-refractivity contribution in [2.75, 3.05) is 7.05 Å². The van der Waals surface area contributed by atoms with Gasteiger partial charge >= 0.3 is 0 Å². The van der Waals surface area contributed by atoms with Crippen molar-refractivity contribution in [2.45, 2.75) is 44.2 Å². The largest absolute Gasteiger partial charge is 0.391 e. The van der Waals surface area contributed by atoms with Gasteiger partial charge < -0.3 is 10.0 Å². The number of nitrogens with zero attached hydrogens (tertiary/aromatic N) is 2. The van der Waals surface area contributed by atoms with Gasteiger partial charge in [-0.1, -0.05) is 12.8 Å². The number of aliphatic hydroxyl groups is 1. The molecule has 0 aromatic heterocycles. The van der Waals surface area contributed by atoms with Crippen molar-refractivity contribution in [2.24, 2.45) is 0 Å². The Kier molecular flexibility index (Phi) is 3.90. The van der Waals surface area contributed by atoms with E-state index in [1.165, 1.54) is 4.90 Å². The second-order valence-electron chi connectivity index (χ2n) is 3.76. The molecule has 0 spiro atoms. The van der Waals surface area contributed by atoms with Gasteiger partial charge in [-0.2, -0.15) is 5.26 Å². The normalized spacial score (nSPS) is 26.6. The average molecular weight is 196 g/mol. The molecular formula is C10H16N2O2. The molecule has 1 aliphatic carbocycles. The topological polar surface area (TPSA) is 64.3 Å². The zero-order chi connectivity index (χ0) is 10.6. The summed E-state index contributed by atoms with van der Waals surface area (Å²) in [6.07, 6.45) is 3.16. The van der Waals surface area contributed by atoms with E-state index in [9.17, 15) is 9.90 Å². The Bertz CT molecular complexity index is 247. The number of carbonyl (C=O) groups excluding carboxylic acids is 1.